The van der Waals surface area contributed by atoms with Crippen LogP contribution in [0.15, 0.2) is 0 Å². The van der Waals surface area contributed by atoms with E-state index in [1.165, 1.54) is 0 Å². The summed E-state index contributed by atoms with van der Waals surface area (Å²) in [5.41, 5.74) is -0.487. The van der Waals surface area contributed by atoms with Gasteiger partial charge >= 0.3 is 6.09 Å². The van der Waals surface area contributed by atoms with Gasteiger partial charge in [0, 0.05) is 19.0 Å². The minimum Gasteiger partial charge on any atom is -0.444 e. The van der Waals surface area contributed by atoms with Gasteiger partial charge in [0.05, 0.1) is 6.04 Å². The standard InChI is InChI=1S/C19H32N2O4/c1-13(22)17-14-9-10-15(12-14)21(17)16(23)8-6-5-7-11-20-18(24)25-19(2,3)4/h14-15,17H,5-12H2,1-4H3,(H,20,24)/t14-,15-,17+/m0/s1. The van der Waals surface area contributed by atoms with Crippen molar-refractivity contribution in [2.45, 2.75) is 90.3 Å². The number of Topliss-reactive ketones (excluding diaryl/α,β-unsaturated/α-hetero) is 1. The number of ketones is 1. The minimum absolute atomic E-state index is 0.118. The van der Waals surface area contributed by atoms with Crippen molar-refractivity contribution in [3.63, 3.8) is 0 Å². The molecule has 142 valence electrons. The zero-order chi connectivity index (χ0) is 18.6. The van der Waals surface area contributed by atoms with Gasteiger partial charge in [0.1, 0.15) is 5.60 Å². The molecule has 0 aromatic rings. The molecule has 1 saturated carbocycles. The van der Waals surface area contributed by atoms with E-state index in [9.17, 15) is 14.4 Å². The summed E-state index contributed by atoms with van der Waals surface area (Å²) in [6, 6.07) is 0.0975. The largest absolute Gasteiger partial charge is 0.444 e. The zero-order valence-electron chi connectivity index (χ0n) is 16.0. The van der Waals surface area contributed by atoms with Crippen molar-refractivity contribution in [2.75, 3.05) is 6.54 Å². The second kappa shape index (κ2) is 8.19. The van der Waals surface area contributed by atoms with Gasteiger partial charge in [-0.2, -0.15) is 0 Å². The number of likely N-dealkylation sites (tertiary alicyclic amines) is 1. The van der Waals surface area contributed by atoms with E-state index in [-0.39, 0.29) is 23.8 Å². The summed E-state index contributed by atoms with van der Waals surface area (Å²) >= 11 is 0. The molecule has 1 heterocycles. The second-order valence-electron chi connectivity index (χ2n) is 8.32. The summed E-state index contributed by atoms with van der Waals surface area (Å²) in [4.78, 5) is 37.8. The number of nitrogens with one attached hydrogen (secondary N) is 1. The van der Waals surface area contributed by atoms with E-state index in [4.69, 9.17) is 4.74 Å². The van der Waals surface area contributed by atoms with E-state index in [2.05, 4.69) is 5.32 Å². The van der Waals surface area contributed by atoms with E-state index in [1.807, 2.05) is 25.7 Å². The summed E-state index contributed by atoms with van der Waals surface area (Å²) in [5, 5.41) is 2.73. The number of alkyl carbamates (subject to hydrolysis) is 1. The van der Waals surface area contributed by atoms with Crippen LogP contribution in [0.25, 0.3) is 0 Å². The normalized spacial score (nSPS) is 25.1. The molecular formula is C19H32N2O4. The maximum Gasteiger partial charge on any atom is 0.407 e. The first-order valence-electron chi connectivity index (χ1n) is 9.47. The number of carbonyl (C=O) groups is 3. The molecule has 2 fully saturated rings. The molecule has 2 bridgehead atoms. The van der Waals surface area contributed by atoms with Crippen LogP contribution in [0.5, 0.6) is 0 Å². The Hall–Kier alpha value is -1.59. The minimum atomic E-state index is -0.487. The van der Waals surface area contributed by atoms with E-state index in [0.717, 1.165) is 38.5 Å². The molecule has 0 spiro atoms. The molecule has 0 radical (unpaired) electrons. The van der Waals surface area contributed by atoms with Crippen LogP contribution in [0, 0.1) is 5.92 Å². The Morgan fingerprint density at radius 2 is 1.84 bits per heavy atom. The smallest absolute Gasteiger partial charge is 0.407 e. The summed E-state index contributed by atoms with van der Waals surface area (Å²) in [5.74, 6) is 0.624. The van der Waals surface area contributed by atoms with Crippen molar-refractivity contribution in [3.05, 3.63) is 0 Å². The second-order valence-corrected chi connectivity index (χ2v) is 8.32. The molecular weight excluding hydrogens is 320 g/mol. The van der Waals surface area contributed by atoms with Crippen LogP contribution in [0.1, 0.15) is 72.6 Å². The summed E-state index contributed by atoms with van der Waals surface area (Å²) < 4.78 is 5.17. The monoisotopic (exact) mass is 352 g/mol. The molecule has 2 amide bonds. The van der Waals surface area contributed by atoms with Gasteiger partial charge in [0.2, 0.25) is 5.91 Å². The quantitative estimate of drug-likeness (QED) is 0.715. The molecule has 25 heavy (non-hydrogen) atoms. The number of ether oxygens (including phenoxy) is 1. The lowest BCUT2D eigenvalue weighted by Crippen LogP contribution is -2.48. The molecule has 6 heteroatoms. The maximum atomic E-state index is 12.5. The van der Waals surface area contributed by atoms with Gasteiger partial charge in [-0.3, -0.25) is 9.59 Å². The van der Waals surface area contributed by atoms with Crippen molar-refractivity contribution >= 4 is 17.8 Å². The fourth-order valence-electron chi connectivity index (χ4n) is 4.08. The summed E-state index contributed by atoms with van der Waals surface area (Å²) in [7, 11) is 0. The maximum absolute atomic E-state index is 12.5. The van der Waals surface area contributed by atoms with Crippen molar-refractivity contribution in [2.24, 2.45) is 5.92 Å². The number of amides is 2. The first-order chi connectivity index (χ1) is 11.7. The summed E-state index contributed by atoms with van der Waals surface area (Å²) in [6.45, 7) is 7.65. The van der Waals surface area contributed by atoms with Gasteiger partial charge in [-0.25, -0.2) is 4.79 Å². The SMILES string of the molecule is CC(=O)[C@@H]1[C@H]2CC[C@@H](C2)N1C(=O)CCCCCNC(=O)OC(C)(C)C. The molecule has 2 aliphatic rings. The lowest BCUT2D eigenvalue weighted by Gasteiger charge is -2.34. The van der Waals surface area contributed by atoms with Gasteiger partial charge in [-0.05, 0) is 65.7 Å². The number of piperidine rings is 1. The number of nitrogens with zero attached hydrogens (tertiary/aromatic N) is 1. The van der Waals surface area contributed by atoms with Crippen LogP contribution in [0.4, 0.5) is 4.79 Å². The van der Waals surface area contributed by atoms with Gasteiger partial charge in [-0.15, -0.1) is 0 Å². The van der Waals surface area contributed by atoms with Crippen LogP contribution in [-0.4, -0.2) is 46.9 Å². The molecule has 0 unspecified atom stereocenters. The molecule has 1 aliphatic carbocycles. The number of rotatable bonds is 7. The van der Waals surface area contributed by atoms with Crippen molar-refractivity contribution in [1.29, 1.82) is 0 Å². The van der Waals surface area contributed by atoms with Crippen LogP contribution >= 0.6 is 0 Å². The highest BCUT2D eigenvalue weighted by atomic mass is 16.6. The molecule has 2 rings (SSSR count). The molecule has 0 aromatic carbocycles. The first-order valence-corrected chi connectivity index (χ1v) is 9.47. The van der Waals surface area contributed by atoms with Gasteiger partial charge in [0.25, 0.3) is 0 Å². The lowest BCUT2D eigenvalue weighted by molar-refractivity contribution is -0.141. The van der Waals surface area contributed by atoms with Crippen molar-refractivity contribution in [3.8, 4) is 0 Å². The third kappa shape index (κ3) is 5.44. The van der Waals surface area contributed by atoms with Crippen LogP contribution in [0.2, 0.25) is 0 Å². The average molecular weight is 352 g/mol. The zero-order valence-corrected chi connectivity index (χ0v) is 16.0. The average Bonchev–Trinajstić information content (AvgIpc) is 3.09. The van der Waals surface area contributed by atoms with Gasteiger partial charge < -0.3 is 15.0 Å². The van der Waals surface area contributed by atoms with E-state index in [1.54, 1.807) is 6.92 Å². The number of fused-ring (bicyclic) bond motifs is 2. The third-order valence-corrected chi connectivity index (χ3v) is 5.03. The fraction of sp³-hybridized carbons (Fsp3) is 0.842. The van der Waals surface area contributed by atoms with Crippen LogP contribution < -0.4 is 5.32 Å². The highest BCUT2D eigenvalue weighted by molar-refractivity contribution is 5.89. The van der Waals surface area contributed by atoms with E-state index >= 15 is 0 Å². The van der Waals surface area contributed by atoms with Crippen LogP contribution in [-0.2, 0) is 14.3 Å². The highest BCUT2D eigenvalue weighted by Crippen LogP contribution is 2.43. The summed E-state index contributed by atoms with van der Waals surface area (Å²) in [6.07, 6.45) is 5.67. The molecule has 3 atom stereocenters. The fourth-order valence-corrected chi connectivity index (χ4v) is 4.08. The predicted molar refractivity (Wildman–Crippen MR) is 95.1 cm³/mol. The Labute approximate surface area is 150 Å². The van der Waals surface area contributed by atoms with Crippen molar-refractivity contribution in [1.82, 2.24) is 10.2 Å². The van der Waals surface area contributed by atoms with Crippen LogP contribution in [0.3, 0.4) is 0 Å². The molecule has 0 aromatic heterocycles. The number of hydrogen-bond donors (Lipinski definition) is 1. The Bertz CT molecular complexity index is 512. The van der Waals surface area contributed by atoms with E-state index < -0.39 is 11.7 Å². The molecule has 6 nitrogen and oxygen atoms in total. The predicted octanol–water partition coefficient (Wildman–Crippen LogP) is 3.04. The van der Waals surface area contributed by atoms with Gasteiger partial charge in [0.15, 0.2) is 5.78 Å². The molecule has 1 saturated heterocycles. The van der Waals surface area contributed by atoms with Crippen molar-refractivity contribution < 1.29 is 19.1 Å². The van der Waals surface area contributed by atoms with Gasteiger partial charge in [-0.1, -0.05) is 6.42 Å². The lowest BCUT2D eigenvalue weighted by atomic mass is 9.95. The Morgan fingerprint density at radius 1 is 1.12 bits per heavy atom. The third-order valence-electron chi connectivity index (χ3n) is 5.03. The topological polar surface area (TPSA) is 75.7 Å². The number of carbonyl (C=O) groups excluding carboxylic acids is 3. The van der Waals surface area contributed by atoms with E-state index in [0.29, 0.717) is 18.9 Å². The number of hydrogen-bond acceptors (Lipinski definition) is 4. The highest BCUT2D eigenvalue weighted by Gasteiger charge is 2.49. The molecule has 1 aliphatic heterocycles. The number of unbranched alkanes of at least 4 members (excludes halogenated alkanes) is 2. The Morgan fingerprint density at radius 3 is 2.48 bits per heavy atom. The Kier molecular flexibility index (Phi) is 6.47. The Balaban J connectivity index is 1.63. The molecule has 1 N–H and O–H groups in total. The first kappa shape index (κ1) is 19.7.